The first-order chi connectivity index (χ1) is 8.65. The summed E-state index contributed by atoms with van der Waals surface area (Å²) in [6.07, 6.45) is 4.00. The van der Waals surface area contributed by atoms with Gasteiger partial charge < -0.3 is 5.32 Å². The minimum absolute atomic E-state index is 0.112. The van der Waals surface area contributed by atoms with Gasteiger partial charge in [-0.1, -0.05) is 18.9 Å². The Bertz CT molecular complexity index is 395. The molecule has 0 fully saturated rings. The van der Waals surface area contributed by atoms with E-state index >= 15 is 0 Å². The van der Waals surface area contributed by atoms with E-state index in [-0.39, 0.29) is 11.5 Å². The number of hydrogen-bond acceptors (Lipinski definition) is 1. The van der Waals surface area contributed by atoms with E-state index in [4.69, 9.17) is 11.6 Å². The van der Waals surface area contributed by atoms with Crippen LogP contribution in [0.25, 0.3) is 0 Å². The third-order valence-corrected chi connectivity index (χ3v) is 2.98. The van der Waals surface area contributed by atoms with Crippen LogP contribution in [0.5, 0.6) is 0 Å². The van der Waals surface area contributed by atoms with Crippen molar-refractivity contribution >= 4 is 17.5 Å². The predicted molar refractivity (Wildman–Crippen MR) is 72.7 cm³/mol. The largest absolute Gasteiger partial charge is 0.352 e. The van der Waals surface area contributed by atoms with Gasteiger partial charge in [-0.05, 0) is 37.5 Å². The first-order valence-corrected chi connectivity index (χ1v) is 6.79. The maximum Gasteiger partial charge on any atom is 0.254 e. The molecule has 100 valence electrons. The fourth-order valence-electron chi connectivity index (χ4n) is 1.67. The molecular weight excluding hydrogens is 253 g/mol. The van der Waals surface area contributed by atoms with Gasteiger partial charge in [0.1, 0.15) is 5.82 Å². The number of unbranched alkanes of at least 4 members (excludes halogenated alkanes) is 3. The molecule has 0 atom stereocenters. The molecule has 2 nitrogen and oxygen atoms in total. The number of rotatable bonds is 7. The summed E-state index contributed by atoms with van der Waals surface area (Å²) >= 11 is 5.56. The number of halogens is 2. The SMILES string of the molecule is Cc1ccc(C(=O)NCCCCCCCl)c(F)c1. The molecule has 0 heterocycles. The Morgan fingerprint density at radius 1 is 1.28 bits per heavy atom. The molecule has 1 N–H and O–H groups in total. The number of amides is 1. The molecular formula is C14H19ClFNO. The molecule has 0 saturated heterocycles. The molecule has 0 aliphatic carbocycles. The van der Waals surface area contributed by atoms with Crippen molar-refractivity contribution < 1.29 is 9.18 Å². The minimum Gasteiger partial charge on any atom is -0.352 e. The van der Waals surface area contributed by atoms with Crippen molar-refractivity contribution in [3.8, 4) is 0 Å². The van der Waals surface area contributed by atoms with E-state index in [1.54, 1.807) is 13.0 Å². The van der Waals surface area contributed by atoms with Crippen LogP contribution in [0, 0.1) is 12.7 Å². The summed E-state index contributed by atoms with van der Waals surface area (Å²) in [4.78, 5) is 11.7. The minimum atomic E-state index is -0.463. The van der Waals surface area contributed by atoms with Crippen LogP contribution in [0.3, 0.4) is 0 Å². The zero-order valence-electron chi connectivity index (χ0n) is 10.6. The van der Waals surface area contributed by atoms with Gasteiger partial charge >= 0.3 is 0 Å². The second kappa shape index (κ2) is 8.09. The average Bonchev–Trinajstić information content (AvgIpc) is 2.33. The first-order valence-electron chi connectivity index (χ1n) is 6.25. The van der Waals surface area contributed by atoms with Crippen LogP contribution in [0.15, 0.2) is 18.2 Å². The second-order valence-electron chi connectivity index (χ2n) is 4.34. The quantitative estimate of drug-likeness (QED) is 0.595. The zero-order valence-corrected chi connectivity index (χ0v) is 11.4. The van der Waals surface area contributed by atoms with E-state index in [2.05, 4.69) is 5.32 Å². The highest BCUT2D eigenvalue weighted by molar-refractivity contribution is 6.17. The fraction of sp³-hybridized carbons (Fsp3) is 0.500. The van der Waals surface area contributed by atoms with E-state index in [0.29, 0.717) is 12.4 Å². The smallest absolute Gasteiger partial charge is 0.254 e. The molecule has 1 rings (SSSR count). The van der Waals surface area contributed by atoms with E-state index in [1.165, 1.54) is 12.1 Å². The van der Waals surface area contributed by atoms with Crippen molar-refractivity contribution in [3.05, 3.63) is 35.1 Å². The third kappa shape index (κ3) is 5.05. The maximum atomic E-state index is 13.5. The van der Waals surface area contributed by atoms with Gasteiger partial charge in [-0.3, -0.25) is 4.79 Å². The van der Waals surface area contributed by atoms with Crippen LogP contribution in [-0.4, -0.2) is 18.3 Å². The molecule has 0 aliphatic rings. The van der Waals surface area contributed by atoms with Crippen molar-refractivity contribution in [2.24, 2.45) is 0 Å². The standard InChI is InChI=1S/C14H19ClFNO/c1-11-6-7-12(13(16)10-11)14(18)17-9-5-3-2-4-8-15/h6-7,10H,2-5,8-9H2,1H3,(H,17,18). The summed E-state index contributed by atoms with van der Waals surface area (Å²) in [7, 11) is 0. The number of carbonyl (C=O) groups excluding carboxylic acids is 1. The van der Waals surface area contributed by atoms with Gasteiger partial charge in [-0.25, -0.2) is 4.39 Å². The summed E-state index contributed by atoms with van der Waals surface area (Å²) in [5.74, 6) is -0.125. The lowest BCUT2D eigenvalue weighted by molar-refractivity contribution is 0.0949. The molecule has 0 radical (unpaired) electrons. The van der Waals surface area contributed by atoms with Gasteiger partial charge in [0.15, 0.2) is 0 Å². The first kappa shape index (κ1) is 15.0. The number of carbonyl (C=O) groups is 1. The number of nitrogens with one attached hydrogen (secondary N) is 1. The highest BCUT2D eigenvalue weighted by Gasteiger charge is 2.10. The Morgan fingerprint density at radius 3 is 2.67 bits per heavy atom. The lowest BCUT2D eigenvalue weighted by Gasteiger charge is -2.06. The lowest BCUT2D eigenvalue weighted by atomic mass is 10.1. The monoisotopic (exact) mass is 271 g/mol. The molecule has 1 aromatic rings. The number of benzene rings is 1. The highest BCUT2D eigenvalue weighted by Crippen LogP contribution is 2.09. The van der Waals surface area contributed by atoms with Crippen LogP contribution in [0.2, 0.25) is 0 Å². The Balaban J connectivity index is 2.32. The van der Waals surface area contributed by atoms with Crippen LogP contribution in [0.4, 0.5) is 4.39 Å². The summed E-state index contributed by atoms with van der Waals surface area (Å²) in [6.45, 7) is 2.37. The summed E-state index contributed by atoms with van der Waals surface area (Å²) in [5.41, 5.74) is 0.923. The molecule has 0 saturated carbocycles. The fourth-order valence-corrected chi connectivity index (χ4v) is 1.86. The second-order valence-corrected chi connectivity index (χ2v) is 4.72. The molecule has 0 bridgehead atoms. The van der Waals surface area contributed by atoms with Crippen molar-refractivity contribution in [1.82, 2.24) is 5.32 Å². The van der Waals surface area contributed by atoms with E-state index < -0.39 is 5.82 Å². The average molecular weight is 272 g/mol. The summed E-state index contributed by atoms with van der Waals surface area (Å²) in [5, 5.41) is 2.72. The number of alkyl halides is 1. The van der Waals surface area contributed by atoms with Gasteiger partial charge in [0.25, 0.3) is 5.91 Å². The number of aryl methyl sites for hydroxylation is 1. The molecule has 0 unspecified atom stereocenters. The number of hydrogen-bond donors (Lipinski definition) is 1. The lowest BCUT2D eigenvalue weighted by Crippen LogP contribution is -2.25. The summed E-state index contributed by atoms with van der Waals surface area (Å²) < 4.78 is 13.5. The van der Waals surface area contributed by atoms with Crippen LogP contribution in [0.1, 0.15) is 41.6 Å². The molecule has 1 aromatic carbocycles. The maximum absolute atomic E-state index is 13.5. The van der Waals surface area contributed by atoms with Gasteiger partial charge in [0.05, 0.1) is 5.56 Å². The van der Waals surface area contributed by atoms with Crippen molar-refractivity contribution in [1.29, 1.82) is 0 Å². The molecule has 4 heteroatoms. The van der Waals surface area contributed by atoms with Gasteiger partial charge in [0, 0.05) is 12.4 Å². The molecule has 1 amide bonds. The van der Waals surface area contributed by atoms with Gasteiger partial charge in [-0.15, -0.1) is 11.6 Å². The summed E-state index contributed by atoms with van der Waals surface area (Å²) in [6, 6.07) is 4.63. The van der Waals surface area contributed by atoms with Crippen LogP contribution >= 0.6 is 11.6 Å². The van der Waals surface area contributed by atoms with E-state index in [9.17, 15) is 9.18 Å². The van der Waals surface area contributed by atoms with Crippen molar-refractivity contribution in [2.45, 2.75) is 32.6 Å². The van der Waals surface area contributed by atoms with Crippen LogP contribution in [-0.2, 0) is 0 Å². The predicted octanol–water partition coefficient (Wildman–Crippen LogP) is 3.66. The van der Waals surface area contributed by atoms with Gasteiger partial charge in [-0.2, -0.15) is 0 Å². The topological polar surface area (TPSA) is 29.1 Å². The Labute approximate surface area is 113 Å². The van der Waals surface area contributed by atoms with Crippen LogP contribution < -0.4 is 5.32 Å². The van der Waals surface area contributed by atoms with E-state index in [1.807, 2.05) is 0 Å². The Hall–Kier alpha value is -1.09. The van der Waals surface area contributed by atoms with Gasteiger partial charge in [0.2, 0.25) is 0 Å². The third-order valence-electron chi connectivity index (χ3n) is 2.72. The molecule has 0 spiro atoms. The molecule has 0 aromatic heterocycles. The normalized spacial score (nSPS) is 10.4. The van der Waals surface area contributed by atoms with Crippen molar-refractivity contribution in [2.75, 3.05) is 12.4 Å². The Morgan fingerprint density at radius 2 is 2.00 bits per heavy atom. The van der Waals surface area contributed by atoms with Crippen molar-refractivity contribution in [3.63, 3.8) is 0 Å². The van der Waals surface area contributed by atoms with E-state index in [0.717, 1.165) is 31.2 Å². The molecule has 0 aliphatic heterocycles. The zero-order chi connectivity index (χ0) is 13.4. The molecule has 18 heavy (non-hydrogen) atoms. The Kier molecular flexibility index (Phi) is 6.73. The highest BCUT2D eigenvalue weighted by atomic mass is 35.5.